The Morgan fingerprint density at radius 1 is 1.33 bits per heavy atom. The molecule has 1 heterocycles. The molecular formula is C14H23N3O. The Hall–Kier alpha value is -1.32. The van der Waals surface area contributed by atoms with E-state index in [0.717, 1.165) is 18.2 Å². The molecule has 4 heteroatoms. The second kappa shape index (κ2) is 6.57. The van der Waals surface area contributed by atoms with Crippen LogP contribution in [0.15, 0.2) is 12.4 Å². The molecule has 0 radical (unpaired) electrons. The lowest BCUT2D eigenvalue weighted by Gasteiger charge is -2.30. The Kier molecular flexibility index (Phi) is 4.79. The van der Waals surface area contributed by atoms with E-state index >= 15 is 0 Å². The molecule has 0 amide bonds. The van der Waals surface area contributed by atoms with Crippen LogP contribution in [0, 0.1) is 5.92 Å². The van der Waals surface area contributed by atoms with E-state index in [2.05, 4.69) is 22.2 Å². The van der Waals surface area contributed by atoms with Gasteiger partial charge < -0.3 is 10.1 Å². The predicted molar refractivity (Wildman–Crippen MR) is 72.9 cm³/mol. The van der Waals surface area contributed by atoms with Crippen LogP contribution in [-0.2, 0) is 0 Å². The Balaban J connectivity index is 1.99. The molecule has 0 aromatic carbocycles. The van der Waals surface area contributed by atoms with Gasteiger partial charge in [-0.05, 0) is 25.2 Å². The number of hydrogen-bond acceptors (Lipinski definition) is 4. The van der Waals surface area contributed by atoms with Crippen LogP contribution in [-0.4, -0.2) is 23.1 Å². The second-order valence-electron chi connectivity index (χ2n) is 5.00. The minimum absolute atomic E-state index is 0.518. The van der Waals surface area contributed by atoms with Crippen molar-refractivity contribution in [3.8, 4) is 5.88 Å². The molecule has 1 aromatic heterocycles. The Bertz CT molecular complexity index is 364. The number of nitrogens with one attached hydrogen (secondary N) is 1. The zero-order valence-electron chi connectivity index (χ0n) is 11.4. The van der Waals surface area contributed by atoms with Crippen LogP contribution in [0.5, 0.6) is 5.88 Å². The maximum atomic E-state index is 5.12. The number of anilines is 1. The van der Waals surface area contributed by atoms with Crippen molar-refractivity contribution < 1.29 is 4.74 Å². The lowest BCUT2D eigenvalue weighted by atomic mass is 9.83. The van der Waals surface area contributed by atoms with Crippen molar-refractivity contribution in [3.63, 3.8) is 0 Å². The number of rotatable bonds is 5. The van der Waals surface area contributed by atoms with Gasteiger partial charge in [-0.15, -0.1) is 0 Å². The molecular weight excluding hydrogens is 226 g/mol. The molecule has 1 aliphatic rings. The van der Waals surface area contributed by atoms with E-state index < -0.39 is 0 Å². The smallest absolute Gasteiger partial charge is 0.218 e. The first kappa shape index (κ1) is 13.1. The molecule has 1 aliphatic carbocycles. The summed E-state index contributed by atoms with van der Waals surface area (Å²) in [4.78, 5) is 8.30. The monoisotopic (exact) mass is 249 g/mol. The van der Waals surface area contributed by atoms with Crippen molar-refractivity contribution >= 4 is 5.82 Å². The number of aromatic nitrogens is 2. The Morgan fingerprint density at radius 3 is 2.78 bits per heavy atom. The normalized spacial score (nSPS) is 18.3. The van der Waals surface area contributed by atoms with Gasteiger partial charge in [0, 0.05) is 12.1 Å². The van der Waals surface area contributed by atoms with Gasteiger partial charge in [-0.1, -0.05) is 26.2 Å². The largest absolute Gasteiger partial charge is 0.481 e. The van der Waals surface area contributed by atoms with Crippen molar-refractivity contribution in [1.29, 1.82) is 0 Å². The third-order valence-corrected chi connectivity index (χ3v) is 3.84. The predicted octanol–water partition coefficient (Wildman–Crippen LogP) is 3.26. The molecule has 100 valence electrons. The zero-order valence-corrected chi connectivity index (χ0v) is 11.4. The molecule has 4 nitrogen and oxygen atoms in total. The molecule has 2 rings (SSSR count). The average molecular weight is 249 g/mol. The molecule has 1 unspecified atom stereocenters. The lowest BCUT2D eigenvalue weighted by Crippen LogP contribution is -2.30. The Labute approximate surface area is 109 Å². The highest BCUT2D eigenvalue weighted by Crippen LogP contribution is 2.29. The average Bonchev–Trinajstić information content (AvgIpc) is 2.46. The van der Waals surface area contributed by atoms with Gasteiger partial charge in [-0.25, -0.2) is 9.97 Å². The molecule has 1 fully saturated rings. The summed E-state index contributed by atoms with van der Waals surface area (Å²) in [7, 11) is 1.63. The van der Waals surface area contributed by atoms with E-state index in [9.17, 15) is 0 Å². The van der Waals surface area contributed by atoms with Gasteiger partial charge in [0.15, 0.2) is 0 Å². The topological polar surface area (TPSA) is 47.0 Å². The maximum Gasteiger partial charge on any atom is 0.218 e. The fourth-order valence-electron chi connectivity index (χ4n) is 2.81. The summed E-state index contributed by atoms with van der Waals surface area (Å²) in [5.74, 6) is 2.27. The van der Waals surface area contributed by atoms with Crippen LogP contribution in [0.3, 0.4) is 0 Å². The van der Waals surface area contributed by atoms with E-state index in [1.807, 2.05) is 6.07 Å². The minimum Gasteiger partial charge on any atom is -0.481 e. The van der Waals surface area contributed by atoms with Crippen LogP contribution in [0.25, 0.3) is 0 Å². The molecule has 0 spiro atoms. The summed E-state index contributed by atoms with van der Waals surface area (Å²) in [6.07, 6.45) is 9.51. The van der Waals surface area contributed by atoms with Crippen LogP contribution in [0.4, 0.5) is 5.82 Å². The summed E-state index contributed by atoms with van der Waals surface area (Å²) in [5.41, 5.74) is 0. The fourth-order valence-corrected chi connectivity index (χ4v) is 2.81. The standard InChI is InChI=1S/C14H23N3O/c1-3-12(11-7-5-4-6-8-11)17-13-9-14(18-2)16-10-15-13/h9-12H,3-8H2,1-2H3,(H,15,16,17). The molecule has 0 bridgehead atoms. The molecule has 1 N–H and O–H groups in total. The second-order valence-corrected chi connectivity index (χ2v) is 5.00. The summed E-state index contributed by atoms with van der Waals surface area (Å²) in [6.45, 7) is 2.24. The maximum absolute atomic E-state index is 5.12. The number of nitrogens with zero attached hydrogens (tertiary/aromatic N) is 2. The highest BCUT2D eigenvalue weighted by Gasteiger charge is 2.22. The third kappa shape index (κ3) is 3.34. The van der Waals surface area contributed by atoms with Gasteiger partial charge in [0.2, 0.25) is 5.88 Å². The van der Waals surface area contributed by atoms with Crippen molar-refractivity contribution in [2.45, 2.75) is 51.5 Å². The van der Waals surface area contributed by atoms with Gasteiger partial charge in [0.1, 0.15) is 12.1 Å². The van der Waals surface area contributed by atoms with E-state index in [0.29, 0.717) is 11.9 Å². The first-order chi connectivity index (χ1) is 8.83. The molecule has 1 saturated carbocycles. The highest BCUT2D eigenvalue weighted by molar-refractivity contribution is 5.38. The van der Waals surface area contributed by atoms with E-state index in [4.69, 9.17) is 4.74 Å². The lowest BCUT2D eigenvalue weighted by molar-refractivity contribution is 0.312. The van der Waals surface area contributed by atoms with E-state index in [1.165, 1.54) is 32.1 Å². The van der Waals surface area contributed by atoms with Crippen LogP contribution in [0.1, 0.15) is 45.4 Å². The number of ether oxygens (including phenoxy) is 1. The van der Waals surface area contributed by atoms with Gasteiger partial charge in [-0.3, -0.25) is 0 Å². The van der Waals surface area contributed by atoms with Crippen molar-refractivity contribution in [2.75, 3.05) is 12.4 Å². The first-order valence-electron chi connectivity index (χ1n) is 6.96. The van der Waals surface area contributed by atoms with E-state index in [-0.39, 0.29) is 0 Å². The number of hydrogen-bond donors (Lipinski definition) is 1. The first-order valence-corrected chi connectivity index (χ1v) is 6.96. The summed E-state index contributed by atoms with van der Waals surface area (Å²) >= 11 is 0. The van der Waals surface area contributed by atoms with Crippen LogP contribution >= 0.6 is 0 Å². The number of methoxy groups -OCH3 is 1. The fraction of sp³-hybridized carbons (Fsp3) is 0.714. The van der Waals surface area contributed by atoms with Crippen molar-refractivity contribution in [3.05, 3.63) is 12.4 Å². The van der Waals surface area contributed by atoms with Crippen molar-refractivity contribution in [1.82, 2.24) is 9.97 Å². The van der Waals surface area contributed by atoms with Crippen LogP contribution in [0.2, 0.25) is 0 Å². The summed E-state index contributed by atoms with van der Waals surface area (Å²) in [5, 5.41) is 3.54. The molecule has 18 heavy (non-hydrogen) atoms. The van der Waals surface area contributed by atoms with Crippen molar-refractivity contribution in [2.24, 2.45) is 5.92 Å². The molecule has 1 atom stereocenters. The molecule has 0 saturated heterocycles. The Morgan fingerprint density at radius 2 is 2.11 bits per heavy atom. The van der Waals surface area contributed by atoms with Crippen LogP contribution < -0.4 is 10.1 Å². The van der Waals surface area contributed by atoms with Gasteiger partial charge in [-0.2, -0.15) is 0 Å². The minimum atomic E-state index is 0.518. The summed E-state index contributed by atoms with van der Waals surface area (Å²) in [6, 6.07) is 2.38. The molecule has 1 aromatic rings. The van der Waals surface area contributed by atoms with E-state index in [1.54, 1.807) is 13.4 Å². The van der Waals surface area contributed by atoms with Gasteiger partial charge in [0.25, 0.3) is 0 Å². The summed E-state index contributed by atoms with van der Waals surface area (Å²) < 4.78 is 5.12. The third-order valence-electron chi connectivity index (χ3n) is 3.84. The molecule has 0 aliphatic heterocycles. The van der Waals surface area contributed by atoms with Gasteiger partial charge >= 0.3 is 0 Å². The van der Waals surface area contributed by atoms with Gasteiger partial charge in [0.05, 0.1) is 7.11 Å². The highest BCUT2D eigenvalue weighted by atomic mass is 16.5. The zero-order chi connectivity index (χ0) is 12.8. The quantitative estimate of drug-likeness (QED) is 0.870. The SMILES string of the molecule is CCC(Nc1cc(OC)ncn1)C1CCCCC1.